The number of fused-ring (bicyclic) bond motifs is 3. The summed E-state index contributed by atoms with van der Waals surface area (Å²) in [5.74, 6) is 0.413. The van der Waals surface area contributed by atoms with Crippen molar-refractivity contribution in [3.05, 3.63) is 76.6 Å². The van der Waals surface area contributed by atoms with Crippen LogP contribution in [0.2, 0.25) is 0 Å². The number of hydrogen-bond donors (Lipinski definition) is 1. The Labute approximate surface area is 187 Å². The van der Waals surface area contributed by atoms with Gasteiger partial charge in [0.25, 0.3) is 5.56 Å². The number of aromatic nitrogens is 4. The van der Waals surface area contributed by atoms with Crippen LogP contribution in [-0.4, -0.2) is 31.0 Å². The second kappa shape index (κ2) is 7.77. The van der Waals surface area contributed by atoms with E-state index >= 15 is 0 Å². The van der Waals surface area contributed by atoms with Crippen LogP contribution in [0.3, 0.4) is 0 Å². The molecule has 2 aromatic carbocycles. The van der Waals surface area contributed by atoms with Gasteiger partial charge >= 0.3 is 6.61 Å². The van der Waals surface area contributed by atoms with Gasteiger partial charge < -0.3 is 9.84 Å². The lowest BCUT2D eigenvalue weighted by atomic mass is 10.0. The van der Waals surface area contributed by atoms with Gasteiger partial charge in [-0.15, -0.1) is 0 Å². The number of benzene rings is 2. The van der Waals surface area contributed by atoms with Gasteiger partial charge in [0.1, 0.15) is 11.4 Å². The zero-order valence-corrected chi connectivity index (χ0v) is 18.1. The van der Waals surface area contributed by atoms with Crippen LogP contribution in [0.15, 0.2) is 59.7 Å². The minimum atomic E-state index is -2.94. The van der Waals surface area contributed by atoms with Gasteiger partial charge in [-0.25, -0.2) is 14.6 Å². The molecule has 3 heterocycles. The van der Waals surface area contributed by atoms with Crippen molar-refractivity contribution in [2.24, 2.45) is 0 Å². The number of rotatable bonds is 5. The van der Waals surface area contributed by atoms with E-state index in [4.69, 9.17) is 4.74 Å². The Hall–Kier alpha value is -3.59. The highest BCUT2D eigenvalue weighted by Gasteiger charge is 2.30. The fraction of sp³-hybridized carbons (Fsp3) is 0.292. The quantitative estimate of drug-likeness (QED) is 0.493. The third-order valence-electron chi connectivity index (χ3n) is 5.91. The van der Waals surface area contributed by atoms with Gasteiger partial charge in [-0.2, -0.15) is 8.78 Å². The second-order valence-corrected chi connectivity index (χ2v) is 8.58. The maximum atomic E-state index is 13.0. The first-order valence-electron chi connectivity index (χ1n) is 10.6. The molecule has 0 unspecified atom stereocenters. The molecule has 2 aromatic heterocycles. The molecule has 1 aliphatic heterocycles. The summed E-state index contributed by atoms with van der Waals surface area (Å²) in [7, 11) is 0. The predicted molar refractivity (Wildman–Crippen MR) is 118 cm³/mol. The normalized spacial score (nSPS) is 15.9. The summed E-state index contributed by atoms with van der Waals surface area (Å²) in [6.07, 6.45) is 3.84. The Morgan fingerprint density at radius 3 is 2.55 bits per heavy atom. The SMILES string of the molecule is CC(C)(O)c1ncc(-c2ccc3c(=O)n4n(c3c2)[C@H](c2ccccc2OC(F)F)CC4)cn1. The Kier molecular flexibility index (Phi) is 5.01. The molecule has 9 heteroatoms. The summed E-state index contributed by atoms with van der Waals surface area (Å²) >= 11 is 0. The summed E-state index contributed by atoms with van der Waals surface area (Å²) in [5.41, 5.74) is 1.55. The molecule has 170 valence electrons. The molecule has 0 amide bonds. The zero-order chi connectivity index (χ0) is 23.3. The average Bonchev–Trinajstić information content (AvgIpc) is 3.33. The molecule has 0 bridgehead atoms. The summed E-state index contributed by atoms with van der Waals surface area (Å²) < 4.78 is 34.2. The lowest BCUT2D eigenvalue weighted by molar-refractivity contribution is -0.0507. The van der Waals surface area contributed by atoms with Gasteiger partial charge in [-0.1, -0.05) is 24.3 Å². The number of alkyl halides is 2. The first-order chi connectivity index (χ1) is 15.7. The van der Waals surface area contributed by atoms with Gasteiger partial charge in [0.05, 0.1) is 16.9 Å². The van der Waals surface area contributed by atoms with E-state index in [1.54, 1.807) is 55.2 Å². The van der Waals surface area contributed by atoms with E-state index in [0.29, 0.717) is 35.3 Å². The van der Waals surface area contributed by atoms with E-state index in [2.05, 4.69) is 9.97 Å². The molecule has 0 fully saturated rings. The number of ether oxygens (including phenoxy) is 1. The third-order valence-corrected chi connectivity index (χ3v) is 5.91. The maximum absolute atomic E-state index is 13.0. The summed E-state index contributed by atoms with van der Waals surface area (Å²) in [5, 5.41) is 10.6. The first-order valence-corrected chi connectivity index (χ1v) is 10.6. The molecule has 1 aliphatic rings. The smallest absolute Gasteiger partial charge is 0.387 e. The number of aliphatic hydroxyl groups is 1. The van der Waals surface area contributed by atoms with E-state index < -0.39 is 12.2 Å². The van der Waals surface area contributed by atoms with Crippen LogP contribution in [0, 0.1) is 0 Å². The maximum Gasteiger partial charge on any atom is 0.387 e. The third kappa shape index (κ3) is 3.68. The number of halogens is 2. The molecular weight excluding hydrogens is 430 g/mol. The first kappa shape index (κ1) is 21.3. The summed E-state index contributed by atoms with van der Waals surface area (Å²) in [4.78, 5) is 21.5. The zero-order valence-electron chi connectivity index (χ0n) is 18.1. The Morgan fingerprint density at radius 1 is 1.12 bits per heavy atom. The van der Waals surface area contributed by atoms with Gasteiger partial charge in [0.15, 0.2) is 5.82 Å². The van der Waals surface area contributed by atoms with Gasteiger partial charge in [-0.3, -0.25) is 9.48 Å². The fourth-order valence-corrected chi connectivity index (χ4v) is 4.40. The lowest BCUT2D eigenvalue weighted by Crippen LogP contribution is -2.19. The standard InChI is InChI=1S/C24H22F2N4O3/c1-24(2,32)22-27-12-15(13-28-22)14-7-8-17-19(11-14)30-18(9-10-29(30)21(17)31)16-5-3-4-6-20(16)33-23(25)26/h3-8,11-13,18,23,32H,9-10H2,1-2H3/t18-/m0/s1. The van der Waals surface area contributed by atoms with E-state index in [9.17, 15) is 18.7 Å². The fourth-order valence-electron chi connectivity index (χ4n) is 4.40. The highest BCUT2D eigenvalue weighted by Crippen LogP contribution is 2.37. The Morgan fingerprint density at radius 2 is 1.85 bits per heavy atom. The van der Waals surface area contributed by atoms with Crippen LogP contribution < -0.4 is 10.3 Å². The van der Waals surface area contributed by atoms with Crippen LogP contribution >= 0.6 is 0 Å². The second-order valence-electron chi connectivity index (χ2n) is 8.58. The van der Waals surface area contributed by atoms with Gasteiger partial charge in [-0.05, 0) is 44.0 Å². The molecule has 5 rings (SSSR count). The van der Waals surface area contributed by atoms with Crippen LogP contribution in [-0.2, 0) is 12.1 Å². The predicted octanol–water partition coefficient (Wildman–Crippen LogP) is 4.08. The number of hydrogen-bond acceptors (Lipinski definition) is 5. The monoisotopic (exact) mass is 452 g/mol. The molecule has 0 aliphatic carbocycles. The highest BCUT2D eigenvalue weighted by atomic mass is 19.3. The average molecular weight is 452 g/mol. The van der Waals surface area contributed by atoms with Crippen molar-refractivity contribution in [3.63, 3.8) is 0 Å². The molecule has 7 nitrogen and oxygen atoms in total. The van der Waals surface area contributed by atoms with Crippen LogP contribution in [0.5, 0.6) is 5.75 Å². The van der Waals surface area contributed by atoms with Crippen molar-refractivity contribution in [1.82, 2.24) is 19.3 Å². The molecule has 0 saturated carbocycles. The lowest BCUT2D eigenvalue weighted by Gasteiger charge is -2.18. The van der Waals surface area contributed by atoms with Crippen molar-refractivity contribution in [2.45, 2.75) is 45.1 Å². The summed E-state index contributed by atoms with van der Waals surface area (Å²) in [6, 6.07) is 11.8. The topological polar surface area (TPSA) is 82.2 Å². The molecule has 33 heavy (non-hydrogen) atoms. The van der Waals surface area contributed by atoms with Crippen LogP contribution in [0.1, 0.15) is 37.7 Å². The Bertz CT molecular complexity index is 1390. The Balaban J connectivity index is 1.62. The molecule has 0 radical (unpaired) electrons. The molecule has 1 atom stereocenters. The molecular formula is C24H22F2N4O3. The molecule has 4 aromatic rings. The molecule has 0 saturated heterocycles. The largest absolute Gasteiger partial charge is 0.434 e. The highest BCUT2D eigenvalue weighted by molar-refractivity contribution is 5.84. The van der Waals surface area contributed by atoms with E-state index in [1.807, 2.05) is 16.8 Å². The van der Waals surface area contributed by atoms with Gasteiger partial charge in [0.2, 0.25) is 0 Å². The van der Waals surface area contributed by atoms with Crippen LogP contribution in [0.4, 0.5) is 8.78 Å². The van der Waals surface area contributed by atoms with Crippen LogP contribution in [0.25, 0.3) is 22.0 Å². The van der Waals surface area contributed by atoms with Crippen molar-refractivity contribution >= 4 is 10.9 Å². The minimum absolute atomic E-state index is 0.104. The number of nitrogens with zero attached hydrogens (tertiary/aromatic N) is 4. The summed E-state index contributed by atoms with van der Waals surface area (Å²) in [6.45, 7) is 0.760. The van der Waals surface area contributed by atoms with E-state index in [-0.39, 0.29) is 17.4 Å². The molecule has 0 spiro atoms. The minimum Gasteiger partial charge on any atom is -0.434 e. The molecule has 1 N–H and O–H groups in total. The van der Waals surface area contributed by atoms with Crippen molar-refractivity contribution in [3.8, 4) is 16.9 Å². The number of para-hydroxylation sites is 1. The van der Waals surface area contributed by atoms with E-state index in [1.165, 1.54) is 6.07 Å². The van der Waals surface area contributed by atoms with Crippen molar-refractivity contribution in [2.75, 3.05) is 0 Å². The van der Waals surface area contributed by atoms with E-state index in [0.717, 1.165) is 11.1 Å². The van der Waals surface area contributed by atoms with Crippen molar-refractivity contribution in [1.29, 1.82) is 0 Å². The van der Waals surface area contributed by atoms with Gasteiger partial charge in [0, 0.05) is 30.1 Å². The van der Waals surface area contributed by atoms with Crippen molar-refractivity contribution < 1.29 is 18.6 Å².